The minimum absolute atomic E-state index is 0.0144. The Hall–Kier alpha value is -6.88. The molecule has 0 aliphatic carbocycles. The standard InChI is InChI=1S/C24H27BrF6N4O2.C23H19BrCl2F6N6.C19H19BrF6N4.C4HCl3N2/c1-5-18-9-19(13-35(18)21(36)37-22(2,3)4)34(20-32-10-17(25)11-33-20)12-14-6-15(23(26,27)28)8-16(7-14)24(29,30)31;1-2-16-6-17(11-37(16)19-18(25)9-33-20(26)36-19)38(21-34-7-15(24)8-35-21)10-12-3-13(22(27,28)29)5-14(4-12)23(30,31)32;1-2-15-6-16(9-27-15)30(17-28-7-14(20)8-29-17)10-11-3-12(18(21,22)23)5-13(4-11)19(24,25)26;5-2-1-8-4(7)9-3(2)6/h6-8,10-11,18-19H,5,9,12-13H2,1-4H3;3-5,7-9,16-17H,2,6,10-11H2,1H3;3-5,7-8,15-16,27H,2,6,9-10H2,1H3;1H/t18-,19+;16-,17+;15-,16+;/m111./s1. The molecule has 3 aliphatic heterocycles. The molecule has 3 aliphatic rings. The van der Waals surface area contributed by atoms with Crippen molar-refractivity contribution in [2.45, 2.75) is 179 Å². The van der Waals surface area contributed by atoms with Crippen LogP contribution in [-0.4, -0.2) is 122 Å². The molecule has 18 nitrogen and oxygen atoms in total. The molecule has 0 saturated carbocycles. The zero-order valence-corrected chi connectivity index (χ0v) is 68.7. The molecular formula is C70H66Br3Cl5F18N16O2. The Morgan fingerprint density at radius 2 is 0.781 bits per heavy atom. The first kappa shape index (κ1) is 92.6. The maximum absolute atomic E-state index is 13.5. The Kier molecular flexibility index (Phi) is 31.1. The third-order valence-electron chi connectivity index (χ3n) is 17.6. The molecule has 44 heteroatoms. The number of alkyl halides is 18. The molecule has 0 unspecified atom stereocenters. The van der Waals surface area contributed by atoms with Gasteiger partial charge in [0.15, 0.2) is 11.0 Å². The number of carbonyl (C=O) groups is 1. The van der Waals surface area contributed by atoms with E-state index >= 15 is 0 Å². The van der Waals surface area contributed by atoms with E-state index in [0.29, 0.717) is 87.2 Å². The summed E-state index contributed by atoms with van der Waals surface area (Å²) in [6.45, 7) is 11.2. The number of rotatable bonds is 16. The number of hydrogen-bond donors (Lipinski definition) is 1. The van der Waals surface area contributed by atoms with Crippen molar-refractivity contribution >= 4 is 136 Å². The average molecular weight is 1920 g/mol. The van der Waals surface area contributed by atoms with Crippen molar-refractivity contribution in [1.29, 1.82) is 0 Å². The summed E-state index contributed by atoms with van der Waals surface area (Å²) in [5.74, 6) is 0.886. The number of aromatic nitrogens is 10. The van der Waals surface area contributed by atoms with E-state index in [9.17, 15) is 83.8 Å². The lowest BCUT2D eigenvalue weighted by Crippen LogP contribution is -2.42. The van der Waals surface area contributed by atoms with Crippen LogP contribution in [0.25, 0.3) is 0 Å². The Bertz CT molecular complexity index is 4460. The van der Waals surface area contributed by atoms with Crippen LogP contribution < -0.4 is 24.9 Å². The Balaban J connectivity index is 0.000000203. The first-order valence-corrected chi connectivity index (χ1v) is 38.3. The molecule has 6 atom stereocenters. The molecule has 3 aromatic carbocycles. The number of benzene rings is 3. The van der Waals surface area contributed by atoms with Crippen molar-refractivity contribution in [2.24, 2.45) is 0 Å². The second kappa shape index (κ2) is 38.2. The number of halogens is 26. The third kappa shape index (κ3) is 26.1. The summed E-state index contributed by atoms with van der Waals surface area (Å²) < 4.78 is 248. The largest absolute Gasteiger partial charge is 0.444 e. The van der Waals surface area contributed by atoms with Crippen LogP contribution in [-0.2, 0) is 61.4 Å². The minimum atomic E-state index is -4.97. The van der Waals surface area contributed by atoms with Crippen LogP contribution in [0.1, 0.15) is 130 Å². The topological polar surface area (TPSA) is 183 Å². The zero-order chi connectivity index (χ0) is 84.5. The van der Waals surface area contributed by atoms with Crippen LogP contribution >= 0.6 is 106 Å². The van der Waals surface area contributed by atoms with E-state index < -0.39 is 94.2 Å². The van der Waals surface area contributed by atoms with Gasteiger partial charge >= 0.3 is 43.2 Å². The van der Waals surface area contributed by atoms with Crippen molar-refractivity contribution in [3.8, 4) is 0 Å². The quantitative estimate of drug-likeness (QED) is 0.0547. The van der Waals surface area contributed by atoms with Crippen molar-refractivity contribution < 1.29 is 88.6 Å². The molecule has 1 amide bonds. The first-order valence-electron chi connectivity index (χ1n) is 34.0. The molecule has 1 N–H and O–H groups in total. The Labute approximate surface area is 690 Å². The SMILES string of the molecule is CC[C@@H]1C[C@H](N(Cc2cc(C(F)(F)F)cc(C(F)(F)F)c2)c2ncc(Br)cn2)CN1.CC[C@@H]1C[C@H](N(Cc2cc(C(F)(F)F)cc(C(F)(F)F)c2)c2ncc(Br)cn2)CN1C(=O)OC(C)(C)C.CC[C@@H]1C[C@H](N(Cc2cc(C(F)(F)F)cc(C(F)(F)F)c2)c2ncc(Br)cn2)CN1c1nc(Cl)ncc1Cl.Clc1ncc(Cl)c(Cl)n1. The lowest BCUT2D eigenvalue weighted by molar-refractivity contribution is -0.144. The molecule has 5 aromatic heterocycles. The van der Waals surface area contributed by atoms with Gasteiger partial charge in [-0.1, -0.05) is 55.6 Å². The molecule has 0 bridgehead atoms. The van der Waals surface area contributed by atoms with Gasteiger partial charge in [-0.25, -0.2) is 49.7 Å². The molecule has 8 heterocycles. The Morgan fingerprint density at radius 3 is 1.10 bits per heavy atom. The fourth-order valence-corrected chi connectivity index (χ4v) is 13.7. The normalized spacial score (nSPS) is 18.1. The molecular weight excluding hydrogens is 1860 g/mol. The van der Waals surface area contributed by atoms with Gasteiger partial charge in [0.25, 0.3) is 0 Å². The van der Waals surface area contributed by atoms with E-state index in [2.05, 4.69) is 103 Å². The van der Waals surface area contributed by atoms with E-state index in [4.69, 9.17) is 62.7 Å². The molecule has 3 fully saturated rings. The number of nitrogens with one attached hydrogen (secondary N) is 1. The summed E-state index contributed by atoms with van der Waals surface area (Å²) in [5, 5.41) is 4.14. The molecule has 11 rings (SSSR count). The first-order chi connectivity index (χ1) is 52.9. The number of amides is 1. The van der Waals surface area contributed by atoms with Crippen LogP contribution in [0.5, 0.6) is 0 Å². The zero-order valence-electron chi connectivity index (χ0n) is 60.1. The van der Waals surface area contributed by atoms with Gasteiger partial charge in [-0.05, 0) is 202 Å². The highest BCUT2D eigenvalue weighted by atomic mass is 79.9. The number of likely N-dealkylation sites (tertiary alicyclic amines) is 1. The van der Waals surface area contributed by atoms with E-state index in [1.807, 2.05) is 25.7 Å². The van der Waals surface area contributed by atoms with Crippen molar-refractivity contribution in [1.82, 2.24) is 60.1 Å². The van der Waals surface area contributed by atoms with Crippen molar-refractivity contribution in [2.75, 3.05) is 39.2 Å². The van der Waals surface area contributed by atoms with Crippen LogP contribution in [0.2, 0.25) is 25.8 Å². The molecule has 114 heavy (non-hydrogen) atoms. The summed E-state index contributed by atoms with van der Waals surface area (Å²) >= 11 is 38.3. The van der Waals surface area contributed by atoms with E-state index in [0.717, 1.165) is 18.6 Å². The number of ether oxygens (including phenoxy) is 1. The fraction of sp³-hybridized carbons (Fsp3) is 0.443. The second-order valence-electron chi connectivity index (χ2n) is 26.9. The average Bonchev–Trinajstić information content (AvgIpc) is 1.64. The van der Waals surface area contributed by atoms with E-state index in [1.165, 1.54) is 59.4 Å². The van der Waals surface area contributed by atoms with Crippen LogP contribution in [0.3, 0.4) is 0 Å². The predicted molar refractivity (Wildman–Crippen MR) is 402 cm³/mol. The van der Waals surface area contributed by atoms with Gasteiger partial charge in [-0.15, -0.1) is 0 Å². The molecule has 0 spiro atoms. The van der Waals surface area contributed by atoms with Gasteiger partial charge in [0.05, 0.1) is 76.3 Å². The summed E-state index contributed by atoms with van der Waals surface area (Å²) in [7, 11) is 0. The lowest BCUT2D eigenvalue weighted by Gasteiger charge is -2.30. The number of nitrogens with zero attached hydrogens (tertiary/aromatic N) is 15. The van der Waals surface area contributed by atoms with Gasteiger partial charge in [-0.2, -0.15) is 84.0 Å². The summed E-state index contributed by atoms with van der Waals surface area (Å²) in [6, 6.07) is 3.45. The lowest BCUT2D eigenvalue weighted by atomic mass is 10.0. The van der Waals surface area contributed by atoms with Gasteiger partial charge in [0, 0.05) is 101 Å². The smallest absolute Gasteiger partial charge is 0.416 e. The number of hydrogen-bond acceptors (Lipinski definition) is 17. The second-order valence-corrected chi connectivity index (χ2v) is 31.5. The minimum Gasteiger partial charge on any atom is -0.444 e. The highest BCUT2D eigenvalue weighted by molar-refractivity contribution is 9.11. The molecule has 3 saturated heterocycles. The van der Waals surface area contributed by atoms with E-state index in [1.54, 1.807) is 30.6 Å². The van der Waals surface area contributed by atoms with Gasteiger partial charge < -0.3 is 34.6 Å². The summed E-state index contributed by atoms with van der Waals surface area (Å²) in [6.07, 6.45) is -15.1. The summed E-state index contributed by atoms with van der Waals surface area (Å²) in [5.41, 5.74) is -9.49. The fourth-order valence-electron chi connectivity index (χ4n) is 12.4. The highest BCUT2D eigenvalue weighted by Gasteiger charge is 2.45. The maximum Gasteiger partial charge on any atom is 0.416 e. The van der Waals surface area contributed by atoms with Crippen LogP contribution in [0.4, 0.5) is 107 Å². The third-order valence-corrected chi connectivity index (χ3v) is 20.1. The molecule has 620 valence electrons. The number of carbonyl (C=O) groups excluding carboxylic acids is 1. The maximum atomic E-state index is 13.5. The Morgan fingerprint density at radius 1 is 0.447 bits per heavy atom. The van der Waals surface area contributed by atoms with Crippen LogP contribution in [0.15, 0.2) is 118 Å². The van der Waals surface area contributed by atoms with E-state index in [-0.39, 0.29) is 130 Å². The summed E-state index contributed by atoms with van der Waals surface area (Å²) in [4.78, 5) is 61.7. The van der Waals surface area contributed by atoms with Gasteiger partial charge in [0.2, 0.25) is 28.4 Å². The van der Waals surface area contributed by atoms with Crippen molar-refractivity contribution in [3.05, 3.63) is 193 Å². The van der Waals surface area contributed by atoms with Crippen LogP contribution in [0, 0.1) is 0 Å². The number of anilines is 4. The van der Waals surface area contributed by atoms with Crippen molar-refractivity contribution in [3.63, 3.8) is 0 Å². The monoisotopic (exact) mass is 1920 g/mol. The van der Waals surface area contributed by atoms with Gasteiger partial charge in [0.1, 0.15) is 10.6 Å². The molecule has 0 radical (unpaired) electrons. The predicted octanol–water partition coefficient (Wildman–Crippen LogP) is 22.4. The van der Waals surface area contributed by atoms with Gasteiger partial charge in [-0.3, -0.25) is 0 Å². The highest BCUT2D eigenvalue weighted by Crippen LogP contribution is 2.43. The molecule has 8 aromatic rings.